The van der Waals surface area contributed by atoms with Gasteiger partial charge in [0.2, 0.25) is 11.1 Å². The molecule has 0 saturated carbocycles. The average Bonchev–Trinajstić information content (AvgIpc) is 2.82. The summed E-state index contributed by atoms with van der Waals surface area (Å²) < 4.78 is 1.73. The number of aromatic nitrogens is 3. The van der Waals surface area contributed by atoms with Crippen molar-refractivity contribution in [3.8, 4) is 11.3 Å². The Kier molecular flexibility index (Phi) is 7.55. The van der Waals surface area contributed by atoms with Crippen molar-refractivity contribution in [3.63, 3.8) is 0 Å². The van der Waals surface area contributed by atoms with E-state index < -0.39 is 6.17 Å². The summed E-state index contributed by atoms with van der Waals surface area (Å²) in [6.07, 6.45) is 6.13. The molecule has 1 amide bonds. The van der Waals surface area contributed by atoms with E-state index in [0.717, 1.165) is 28.3 Å². The molecule has 0 aliphatic carbocycles. The average molecular weight is 482 g/mol. The van der Waals surface area contributed by atoms with Crippen LogP contribution in [-0.4, -0.2) is 28.0 Å². The second-order valence-corrected chi connectivity index (χ2v) is 9.98. The van der Waals surface area contributed by atoms with Gasteiger partial charge in [0.15, 0.2) is 0 Å². The maximum absolute atomic E-state index is 13.3. The van der Waals surface area contributed by atoms with Crippen LogP contribution in [-0.2, 0) is 4.79 Å². The summed E-state index contributed by atoms with van der Waals surface area (Å²) in [6, 6.07) is 15.6. The lowest BCUT2D eigenvalue weighted by molar-refractivity contribution is -0.763. The first kappa shape index (κ1) is 23.6. The van der Waals surface area contributed by atoms with Gasteiger partial charge in [-0.25, -0.2) is 4.90 Å². The van der Waals surface area contributed by atoms with E-state index in [4.69, 9.17) is 5.10 Å². The molecule has 1 aliphatic heterocycles. The van der Waals surface area contributed by atoms with Gasteiger partial charge in [-0.05, 0) is 53.8 Å². The summed E-state index contributed by atoms with van der Waals surface area (Å²) in [5.74, 6) is 0.790. The van der Waals surface area contributed by atoms with Crippen LogP contribution in [0.15, 0.2) is 63.4 Å². The van der Waals surface area contributed by atoms with E-state index in [1.54, 1.807) is 40.0 Å². The molecule has 0 spiro atoms. The lowest BCUT2D eigenvalue weighted by Crippen LogP contribution is -2.60. The molecule has 1 atom stereocenters. The van der Waals surface area contributed by atoms with Crippen molar-refractivity contribution >= 4 is 35.1 Å². The van der Waals surface area contributed by atoms with Crippen LogP contribution in [0.25, 0.3) is 11.3 Å². The van der Waals surface area contributed by atoms with Crippen molar-refractivity contribution in [2.45, 2.75) is 55.7 Å². The van der Waals surface area contributed by atoms with Crippen LogP contribution in [0.1, 0.15) is 51.3 Å². The number of para-hydroxylation sites is 1. The van der Waals surface area contributed by atoms with Gasteiger partial charge in [-0.15, -0.1) is 11.8 Å². The lowest BCUT2D eigenvalue weighted by atomic mass is 10.0. The minimum absolute atomic E-state index is 0.101. The number of carbonyl (C=O) groups is 1. The quantitative estimate of drug-likeness (QED) is 0.278. The van der Waals surface area contributed by atoms with Crippen molar-refractivity contribution in [1.82, 2.24) is 10.1 Å². The molecule has 8 heteroatoms. The minimum Gasteiger partial charge on any atom is -0.291 e. The summed E-state index contributed by atoms with van der Waals surface area (Å²) in [7, 11) is 0. The Morgan fingerprint density at radius 1 is 1.12 bits per heavy atom. The highest BCUT2D eigenvalue weighted by Gasteiger charge is 2.44. The molecule has 1 N–H and O–H groups in total. The standard InChI is InChI=1S/C25H28N4O2S2/c1-4-5-6-9-16-33-25-26-23(31)22-20-10-7-8-11-21(20)28(17(2)30)24(29(22)27-25)18-12-14-19(32-3)15-13-18/h7-8,10-15,24H,4-6,9,16H2,1-3H3/p+1/t24-/m0/s1. The molecule has 0 radical (unpaired) electrons. The predicted molar refractivity (Wildman–Crippen MR) is 135 cm³/mol. The third kappa shape index (κ3) is 4.87. The number of nitrogens with one attached hydrogen (secondary N) is 1. The molecule has 3 aromatic rings. The highest BCUT2D eigenvalue weighted by molar-refractivity contribution is 7.99. The number of nitrogens with zero attached hydrogens (tertiary/aromatic N) is 3. The molecular formula is C25H29N4O2S2+. The van der Waals surface area contributed by atoms with Gasteiger partial charge in [0.05, 0.1) is 11.3 Å². The number of H-pyrrole nitrogens is 1. The molecule has 4 rings (SSSR count). The van der Waals surface area contributed by atoms with E-state index in [-0.39, 0.29) is 11.5 Å². The van der Waals surface area contributed by atoms with Crippen molar-refractivity contribution < 1.29 is 9.48 Å². The summed E-state index contributed by atoms with van der Waals surface area (Å²) in [6.45, 7) is 3.75. The van der Waals surface area contributed by atoms with Crippen LogP contribution >= 0.6 is 23.5 Å². The monoisotopic (exact) mass is 481 g/mol. The fraction of sp³-hybridized carbons (Fsp3) is 0.360. The molecule has 172 valence electrons. The lowest BCUT2D eigenvalue weighted by Gasteiger charge is -2.31. The fourth-order valence-electron chi connectivity index (χ4n) is 4.15. The van der Waals surface area contributed by atoms with Crippen LogP contribution < -0.4 is 15.1 Å². The predicted octanol–water partition coefficient (Wildman–Crippen LogP) is 5.03. The second-order valence-electron chi connectivity index (χ2n) is 8.01. The van der Waals surface area contributed by atoms with Crippen molar-refractivity contribution in [1.29, 1.82) is 0 Å². The van der Waals surface area contributed by atoms with Crippen molar-refractivity contribution in [3.05, 3.63) is 64.4 Å². The molecule has 0 saturated heterocycles. The molecule has 0 fully saturated rings. The van der Waals surface area contributed by atoms with E-state index in [2.05, 4.69) is 11.9 Å². The summed E-state index contributed by atoms with van der Waals surface area (Å²) >= 11 is 3.22. The maximum atomic E-state index is 13.3. The summed E-state index contributed by atoms with van der Waals surface area (Å²) in [5.41, 5.74) is 2.61. The molecule has 1 aromatic heterocycles. The van der Waals surface area contributed by atoms with Crippen LogP contribution in [0, 0.1) is 0 Å². The smallest absolute Gasteiger partial charge is 0.291 e. The fourth-order valence-corrected chi connectivity index (χ4v) is 5.41. The Hall–Kier alpha value is -2.58. The van der Waals surface area contributed by atoms with Gasteiger partial charge in [-0.3, -0.25) is 14.6 Å². The van der Waals surface area contributed by atoms with E-state index in [1.165, 1.54) is 19.3 Å². The minimum atomic E-state index is -0.537. The van der Waals surface area contributed by atoms with Crippen LogP contribution in [0.3, 0.4) is 0 Å². The van der Waals surface area contributed by atoms with Gasteiger partial charge in [-0.1, -0.05) is 50.1 Å². The zero-order chi connectivity index (χ0) is 23.4. The summed E-state index contributed by atoms with van der Waals surface area (Å²) in [4.78, 5) is 32.1. The number of hydrogen-bond acceptors (Lipinski definition) is 5. The number of benzene rings is 2. The Bertz CT molecular complexity index is 1190. The molecule has 1 aliphatic rings. The highest BCUT2D eigenvalue weighted by Crippen LogP contribution is 2.37. The number of carbonyl (C=O) groups excluding carboxylic acids is 1. The zero-order valence-electron chi connectivity index (χ0n) is 19.2. The molecule has 0 unspecified atom stereocenters. The van der Waals surface area contributed by atoms with Crippen LogP contribution in [0.4, 0.5) is 5.69 Å². The normalized spacial score (nSPS) is 14.6. The maximum Gasteiger partial charge on any atom is 0.325 e. The van der Waals surface area contributed by atoms with E-state index in [1.807, 2.05) is 54.8 Å². The van der Waals surface area contributed by atoms with Crippen molar-refractivity contribution in [2.75, 3.05) is 16.9 Å². The Morgan fingerprint density at radius 2 is 1.88 bits per heavy atom. The van der Waals surface area contributed by atoms with E-state index in [0.29, 0.717) is 16.4 Å². The SMILES string of the molecule is CCCCCCSc1n[n+]2c(c(=O)[nH]1)-c1ccccc1N(C(C)=O)[C@@H]2c1ccc(SC)cc1. The summed E-state index contributed by atoms with van der Waals surface area (Å²) in [5, 5.41) is 5.43. The van der Waals surface area contributed by atoms with Gasteiger partial charge in [-0.2, -0.15) is 0 Å². The number of rotatable bonds is 8. The molecule has 0 bridgehead atoms. The Labute approximate surface area is 202 Å². The highest BCUT2D eigenvalue weighted by atomic mass is 32.2. The number of unbranched alkanes of at least 4 members (excludes halogenated alkanes) is 3. The van der Waals surface area contributed by atoms with Gasteiger partial charge < -0.3 is 0 Å². The van der Waals surface area contributed by atoms with E-state index >= 15 is 0 Å². The van der Waals surface area contributed by atoms with Crippen molar-refractivity contribution in [2.24, 2.45) is 0 Å². The second kappa shape index (κ2) is 10.6. The van der Waals surface area contributed by atoms with Crippen LogP contribution in [0.2, 0.25) is 0 Å². The number of aromatic amines is 1. The third-order valence-corrected chi connectivity index (χ3v) is 7.44. The Balaban J connectivity index is 1.83. The molecule has 2 heterocycles. The number of amides is 1. The number of anilines is 1. The van der Waals surface area contributed by atoms with Gasteiger partial charge in [0, 0.05) is 28.2 Å². The topological polar surface area (TPSA) is 69.9 Å². The third-order valence-electron chi connectivity index (χ3n) is 5.75. The van der Waals surface area contributed by atoms with Gasteiger partial charge >= 0.3 is 11.3 Å². The molecule has 2 aromatic carbocycles. The zero-order valence-corrected chi connectivity index (χ0v) is 20.8. The largest absolute Gasteiger partial charge is 0.325 e. The number of fused-ring (bicyclic) bond motifs is 3. The van der Waals surface area contributed by atoms with Crippen LogP contribution in [0.5, 0.6) is 0 Å². The molecule has 6 nitrogen and oxygen atoms in total. The first-order chi connectivity index (χ1) is 16.0. The number of thioether (sulfide) groups is 2. The Morgan fingerprint density at radius 3 is 2.58 bits per heavy atom. The first-order valence-corrected chi connectivity index (χ1v) is 13.5. The van der Waals surface area contributed by atoms with E-state index in [9.17, 15) is 9.59 Å². The van der Waals surface area contributed by atoms with Gasteiger partial charge in [0.25, 0.3) is 6.17 Å². The van der Waals surface area contributed by atoms with Gasteiger partial charge in [0.1, 0.15) is 0 Å². The molecular weight excluding hydrogens is 452 g/mol. The first-order valence-electron chi connectivity index (χ1n) is 11.3. The number of hydrogen-bond donors (Lipinski definition) is 1. The molecule has 33 heavy (non-hydrogen) atoms.